The molecule has 0 bridgehead atoms. The van der Waals surface area contributed by atoms with Crippen molar-refractivity contribution in [2.75, 3.05) is 11.5 Å². The minimum absolute atomic E-state index is 0.0185. The number of hydrogen-bond donors (Lipinski definition) is 1. The summed E-state index contributed by atoms with van der Waals surface area (Å²) < 4.78 is 23.8. The zero-order valence-electron chi connectivity index (χ0n) is 11.1. The van der Waals surface area contributed by atoms with Crippen LogP contribution in [0.3, 0.4) is 0 Å². The predicted molar refractivity (Wildman–Crippen MR) is 77.7 cm³/mol. The number of benzene rings is 1. The monoisotopic (exact) mass is 327 g/mol. The van der Waals surface area contributed by atoms with Crippen molar-refractivity contribution in [2.45, 2.75) is 18.8 Å². The normalized spacial score (nSPS) is 31.4. The van der Waals surface area contributed by atoms with E-state index in [1.54, 1.807) is 24.3 Å². The molecule has 2 unspecified atom stereocenters. The van der Waals surface area contributed by atoms with Crippen LogP contribution in [0.1, 0.15) is 24.3 Å². The largest absolute Gasteiger partial charge is 0.296 e. The maximum Gasteiger partial charge on any atom is 0.234 e. The van der Waals surface area contributed by atoms with E-state index in [-0.39, 0.29) is 17.9 Å². The average molecular weight is 328 g/mol. The molecule has 0 aromatic heterocycles. The SMILES string of the molecule is O=C1CC2(CCS(=O)(=O)C2)C(c2cccc(Cl)c2)C(=O)N1. The summed E-state index contributed by atoms with van der Waals surface area (Å²) in [5.41, 5.74) is -0.187. The first kappa shape index (κ1) is 14.5. The Balaban J connectivity index is 2.10. The summed E-state index contributed by atoms with van der Waals surface area (Å²) in [4.78, 5) is 24.1. The third-order valence-corrected chi connectivity index (χ3v) is 6.33. The minimum atomic E-state index is -3.22. The van der Waals surface area contributed by atoms with Gasteiger partial charge in [0.05, 0.1) is 17.4 Å². The zero-order valence-corrected chi connectivity index (χ0v) is 12.7. The van der Waals surface area contributed by atoms with Crippen LogP contribution in [0, 0.1) is 5.41 Å². The van der Waals surface area contributed by atoms with E-state index in [4.69, 9.17) is 11.6 Å². The second kappa shape index (κ2) is 4.81. The quantitative estimate of drug-likeness (QED) is 0.788. The van der Waals surface area contributed by atoms with Gasteiger partial charge >= 0.3 is 0 Å². The molecule has 21 heavy (non-hydrogen) atoms. The summed E-state index contributed by atoms with van der Waals surface area (Å²) in [7, 11) is -3.22. The van der Waals surface area contributed by atoms with Gasteiger partial charge in [-0.3, -0.25) is 14.9 Å². The van der Waals surface area contributed by atoms with Crippen LogP contribution in [0.4, 0.5) is 0 Å². The van der Waals surface area contributed by atoms with Gasteiger partial charge in [-0.2, -0.15) is 0 Å². The molecule has 1 aromatic rings. The fourth-order valence-electron chi connectivity index (χ4n) is 3.45. The molecule has 0 aliphatic carbocycles. The van der Waals surface area contributed by atoms with Gasteiger partial charge in [-0.15, -0.1) is 0 Å². The molecule has 1 N–H and O–H groups in total. The third-order valence-electron chi connectivity index (χ3n) is 4.25. The van der Waals surface area contributed by atoms with E-state index < -0.39 is 33.0 Å². The van der Waals surface area contributed by atoms with Crippen molar-refractivity contribution in [3.05, 3.63) is 34.9 Å². The Kier molecular flexibility index (Phi) is 3.33. The second-order valence-electron chi connectivity index (χ2n) is 5.78. The molecule has 2 fully saturated rings. The van der Waals surface area contributed by atoms with E-state index in [1.165, 1.54) is 0 Å². The molecule has 2 aliphatic rings. The molecule has 2 aliphatic heterocycles. The third kappa shape index (κ3) is 2.58. The Labute approximate surface area is 127 Å². The smallest absolute Gasteiger partial charge is 0.234 e. The lowest BCUT2D eigenvalue weighted by molar-refractivity contribution is -0.139. The van der Waals surface area contributed by atoms with Crippen LogP contribution in [0.2, 0.25) is 5.02 Å². The molecule has 2 amide bonds. The van der Waals surface area contributed by atoms with Crippen molar-refractivity contribution in [2.24, 2.45) is 5.41 Å². The Morgan fingerprint density at radius 2 is 2.05 bits per heavy atom. The van der Waals surface area contributed by atoms with Gasteiger partial charge in [0.1, 0.15) is 0 Å². The molecule has 2 heterocycles. The van der Waals surface area contributed by atoms with E-state index in [0.29, 0.717) is 17.0 Å². The average Bonchev–Trinajstić information content (AvgIpc) is 2.64. The summed E-state index contributed by atoms with van der Waals surface area (Å²) in [5, 5.41) is 2.79. The van der Waals surface area contributed by atoms with Crippen molar-refractivity contribution < 1.29 is 18.0 Å². The lowest BCUT2D eigenvalue weighted by Gasteiger charge is -2.39. The number of carbonyl (C=O) groups excluding carboxylic acids is 2. The molecule has 1 aromatic carbocycles. The number of amides is 2. The predicted octanol–water partition coefficient (Wildman–Crippen LogP) is 1.27. The summed E-state index contributed by atoms with van der Waals surface area (Å²) in [6.07, 6.45) is 0.376. The fraction of sp³-hybridized carbons (Fsp3) is 0.429. The van der Waals surface area contributed by atoms with Crippen molar-refractivity contribution in [1.82, 2.24) is 5.32 Å². The summed E-state index contributed by atoms with van der Waals surface area (Å²) in [6, 6.07) is 6.82. The first-order valence-corrected chi connectivity index (χ1v) is 8.81. The van der Waals surface area contributed by atoms with E-state index in [0.717, 1.165) is 0 Å². The van der Waals surface area contributed by atoms with Crippen molar-refractivity contribution >= 4 is 33.3 Å². The Bertz CT molecular complexity index is 730. The van der Waals surface area contributed by atoms with Gasteiger partial charge in [-0.1, -0.05) is 23.7 Å². The van der Waals surface area contributed by atoms with Crippen molar-refractivity contribution in [1.29, 1.82) is 0 Å². The number of nitrogens with one attached hydrogen (secondary N) is 1. The maximum absolute atomic E-state index is 12.3. The Morgan fingerprint density at radius 1 is 1.29 bits per heavy atom. The van der Waals surface area contributed by atoms with E-state index in [2.05, 4.69) is 5.32 Å². The van der Waals surface area contributed by atoms with Gasteiger partial charge in [0.15, 0.2) is 9.84 Å². The number of hydrogen-bond acceptors (Lipinski definition) is 4. The molecular weight excluding hydrogens is 314 g/mol. The summed E-state index contributed by atoms with van der Waals surface area (Å²) in [6.45, 7) is 0. The molecule has 0 radical (unpaired) electrons. The van der Waals surface area contributed by atoms with Gasteiger partial charge in [-0.05, 0) is 24.1 Å². The summed E-state index contributed by atoms with van der Waals surface area (Å²) >= 11 is 5.97. The lowest BCUT2D eigenvalue weighted by Crippen LogP contribution is -2.51. The van der Waals surface area contributed by atoms with Gasteiger partial charge in [0.25, 0.3) is 0 Å². The van der Waals surface area contributed by atoms with Crippen molar-refractivity contribution in [3.8, 4) is 0 Å². The van der Waals surface area contributed by atoms with Gasteiger partial charge in [-0.25, -0.2) is 8.42 Å². The Morgan fingerprint density at radius 3 is 2.67 bits per heavy atom. The number of halogens is 1. The van der Waals surface area contributed by atoms with Gasteiger partial charge in [0.2, 0.25) is 11.8 Å². The molecular formula is C14H14ClNO4S. The molecule has 3 rings (SSSR count). The number of imide groups is 1. The first-order valence-electron chi connectivity index (χ1n) is 6.61. The second-order valence-corrected chi connectivity index (χ2v) is 8.40. The molecule has 2 saturated heterocycles. The van der Waals surface area contributed by atoms with Gasteiger partial charge in [0, 0.05) is 16.9 Å². The van der Waals surface area contributed by atoms with Crippen LogP contribution in [0.15, 0.2) is 24.3 Å². The van der Waals surface area contributed by atoms with E-state index in [9.17, 15) is 18.0 Å². The maximum atomic E-state index is 12.3. The first-order chi connectivity index (χ1) is 9.81. The highest BCUT2D eigenvalue weighted by molar-refractivity contribution is 7.91. The molecule has 2 atom stereocenters. The molecule has 7 heteroatoms. The van der Waals surface area contributed by atoms with Crippen LogP contribution in [0.25, 0.3) is 0 Å². The highest BCUT2D eigenvalue weighted by Gasteiger charge is 2.54. The lowest BCUT2D eigenvalue weighted by atomic mass is 9.67. The highest BCUT2D eigenvalue weighted by Crippen LogP contribution is 2.49. The highest BCUT2D eigenvalue weighted by atomic mass is 35.5. The van der Waals surface area contributed by atoms with Gasteiger partial charge < -0.3 is 0 Å². The number of piperidine rings is 1. The fourth-order valence-corrected chi connectivity index (χ4v) is 5.80. The van der Waals surface area contributed by atoms with Crippen molar-refractivity contribution in [3.63, 3.8) is 0 Å². The molecule has 112 valence electrons. The van der Waals surface area contributed by atoms with Crippen LogP contribution in [-0.4, -0.2) is 31.7 Å². The summed E-state index contributed by atoms with van der Waals surface area (Å²) in [5.74, 6) is -1.62. The number of sulfone groups is 1. The standard InChI is InChI=1S/C14H14ClNO4S/c15-10-3-1-2-9(6-10)12-13(18)16-11(17)7-14(12)4-5-21(19,20)8-14/h1-3,6,12H,4-5,7-8H2,(H,16,17,18). The molecule has 0 saturated carbocycles. The number of rotatable bonds is 1. The topological polar surface area (TPSA) is 80.3 Å². The van der Waals surface area contributed by atoms with E-state index >= 15 is 0 Å². The molecule has 1 spiro atoms. The minimum Gasteiger partial charge on any atom is -0.296 e. The van der Waals surface area contributed by atoms with E-state index in [1.807, 2.05) is 0 Å². The van der Waals surface area contributed by atoms with Crippen LogP contribution in [0.5, 0.6) is 0 Å². The van der Waals surface area contributed by atoms with Crippen LogP contribution < -0.4 is 5.32 Å². The molecule has 5 nitrogen and oxygen atoms in total. The number of carbonyl (C=O) groups is 2. The van der Waals surface area contributed by atoms with Crippen LogP contribution in [-0.2, 0) is 19.4 Å². The Hall–Kier alpha value is -1.40. The van der Waals surface area contributed by atoms with Crippen LogP contribution >= 0.6 is 11.6 Å². The zero-order chi connectivity index (χ0) is 15.3.